The Balaban J connectivity index is 1.31. The number of hydrogen-bond acceptors (Lipinski definition) is 5. The van der Waals surface area contributed by atoms with E-state index in [4.69, 9.17) is 4.74 Å². The minimum Gasteiger partial charge on any atom is -0.494 e. The van der Waals surface area contributed by atoms with Gasteiger partial charge in [-0.2, -0.15) is 0 Å². The smallest absolute Gasteiger partial charge is 0.255 e. The summed E-state index contributed by atoms with van der Waals surface area (Å²) in [4.78, 5) is 29.5. The number of thiazole rings is 1. The monoisotopic (exact) mass is 457 g/mol. The molecule has 0 unspecified atom stereocenters. The van der Waals surface area contributed by atoms with Crippen LogP contribution in [0.25, 0.3) is 10.6 Å². The summed E-state index contributed by atoms with van der Waals surface area (Å²) in [5, 5.41) is 8.49. The molecule has 0 saturated heterocycles. The third-order valence-corrected chi connectivity index (χ3v) is 5.71. The number of amides is 2. The van der Waals surface area contributed by atoms with Gasteiger partial charge in [-0.05, 0) is 55.5 Å². The van der Waals surface area contributed by atoms with E-state index < -0.39 is 0 Å². The first-order chi connectivity index (χ1) is 16.1. The summed E-state index contributed by atoms with van der Waals surface area (Å²) in [5.41, 5.74) is 3.56. The van der Waals surface area contributed by atoms with E-state index in [9.17, 15) is 9.59 Å². The van der Waals surface area contributed by atoms with Gasteiger partial charge in [0.25, 0.3) is 5.91 Å². The summed E-state index contributed by atoms with van der Waals surface area (Å²) in [7, 11) is 0. The number of hydrogen-bond donors (Lipinski definition) is 2. The van der Waals surface area contributed by atoms with Gasteiger partial charge in [0, 0.05) is 27.9 Å². The number of nitrogens with zero attached hydrogens (tertiary/aromatic N) is 1. The highest BCUT2D eigenvalue weighted by Gasteiger charge is 2.11. The Morgan fingerprint density at radius 2 is 1.55 bits per heavy atom. The number of benzene rings is 3. The molecule has 33 heavy (non-hydrogen) atoms. The van der Waals surface area contributed by atoms with Gasteiger partial charge in [0.15, 0.2) is 0 Å². The second kappa shape index (κ2) is 10.6. The van der Waals surface area contributed by atoms with Crippen molar-refractivity contribution in [2.75, 3.05) is 17.2 Å². The highest BCUT2D eigenvalue weighted by molar-refractivity contribution is 7.13. The van der Waals surface area contributed by atoms with Crippen molar-refractivity contribution in [3.63, 3.8) is 0 Å². The van der Waals surface area contributed by atoms with Crippen molar-refractivity contribution < 1.29 is 14.3 Å². The second-order valence-electron chi connectivity index (χ2n) is 7.22. The molecule has 4 rings (SSSR count). The Labute approximate surface area is 196 Å². The van der Waals surface area contributed by atoms with E-state index in [1.807, 2.05) is 54.8 Å². The van der Waals surface area contributed by atoms with Gasteiger partial charge in [0.05, 0.1) is 18.7 Å². The van der Waals surface area contributed by atoms with Crippen LogP contribution in [-0.4, -0.2) is 23.4 Å². The Kier molecular flexibility index (Phi) is 7.12. The van der Waals surface area contributed by atoms with Crippen LogP contribution in [0.2, 0.25) is 0 Å². The normalized spacial score (nSPS) is 10.5. The molecule has 6 nitrogen and oxygen atoms in total. The van der Waals surface area contributed by atoms with Crippen LogP contribution in [0.4, 0.5) is 11.4 Å². The lowest BCUT2D eigenvalue weighted by molar-refractivity contribution is -0.115. The van der Waals surface area contributed by atoms with Gasteiger partial charge in [-0.25, -0.2) is 4.98 Å². The zero-order valence-corrected chi connectivity index (χ0v) is 18.9. The van der Waals surface area contributed by atoms with Crippen molar-refractivity contribution >= 4 is 34.5 Å². The van der Waals surface area contributed by atoms with E-state index in [2.05, 4.69) is 15.6 Å². The molecule has 2 amide bonds. The van der Waals surface area contributed by atoms with Crippen LogP contribution in [0.3, 0.4) is 0 Å². The second-order valence-corrected chi connectivity index (χ2v) is 8.08. The van der Waals surface area contributed by atoms with Gasteiger partial charge in [0.1, 0.15) is 10.8 Å². The fraction of sp³-hybridized carbons (Fsp3) is 0.115. The molecule has 0 bridgehead atoms. The first-order valence-electron chi connectivity index (χ1n) is 10.5. The predicted molar refractivity (Wildman–Crippen MR) is 132 cm³/mol. The van der Waals surface area contributed by atoms with Gasteiger partial charge in [-0.1, -0.05) is 30.3 Å². The number of ether oxygens (including phenoxy) is 1. The molecule has 3 aromatic carbocycles. The van der Waals surface area contributed by atoms with Gasteiger partial charge >= 0.3 is 0 Å². The molecule has 1 aromatic heterocycles. The molecule has 0 spiro atoms. The average molecular weight is 458 g/mol. The van der Waals surface area contributed by atoms with Crippen LogP contribution in [0, 0.1) is 0 Å². The maximum atomic E-state index is 12.5. The predicted octanol–water partition coefficient (Wildman–Crippen LogP) is 5.64. The van der Waals surface area contributed by atoms with Crippen molar-refractivity contribution in [3.05, 3.63) is 95.5 Å². The number of aromatic nitrogens is 1. The maximum Gasteiger partial charge on any atom is 0.255 e. The van der Waals surface area contributed by atoms with E-state index >= 15 is 0 Å². The Bertz CT molecular complexity index is 1220. The molecule has 4 aromatic rings. The van der Waals surface area contributed by atoms with Crippen LogP contribution in [0.5, 0.6) is 5.75 Å². The van der Waals surface area contributed by atoms with E-state index in [-0.39, 0.29) is 18.2 Å². The topological polar surface area (TPSA) is 80.3 Å². The van der Waals surface area contributed by atoms with E-state index in [1.54, 1.807) is 36.4 Å². The minimum atomic E-state index is -0.229. The molecule has 0 saturated carbocycles. The molecule has 0 atom stereocenters. The first kappa shape index (κ1) is 22.2. The third kappa shape index (κ3) is 6.05. The minimum absolute atomic E-state index is 0.161. The lowest BCUT2D eigenvalue weighted by atomic mass is 10.2. The molecule has 1 heterocycles. The van der Waals surface area contributed by atoms with Gasteiger partial charge < -0.3 is 15.4 Å². The molecule has 2 N–H and O–H groups in total. The van der Waals surface area contributed by atoms with Crippen LogP contribution in [0.15, 0.2) is 84.2 Å². The Hall–Kier alpha value is -3.97. The quantitative estimate of drug-likeness (QED) is 0.359. The van der Waals surface area contributed by atoms with Gasteiger partial charge in [0.2, 0.25) is 5.91 Å². The number of nitrogens with one attached hydrogen (secondary N) is 2. The average Bonchev–Trinajstić information content (AvgIpc) is 3.30. The maximum absolute atomic E-state index is 12.5. The summed E-state index contributed by atoms with van der Waals surface area (Å²) >= 11 is 1.52. The highest BCUT2D eigenvalue weighted by atomic mass is 32.1. The van der Waals surface area contributed by atoms with Crippen LogP contribution >= 0.6 is 11.3 Å². The Morgan fingerprint density at radius 1 is 0.879 bits per heavy atom. The first-order valence-corrected chi connectivity index (χ1v) is 11.4. The summed E-state index contributed by atoms with van der Waals surface area (Å²) in [6.07, 6.45) is 0.184. The van der Waals surface area contributed by atoms with Gasteiger partial charge in [-0.3, -0.25) is 9.59 Å². The van der Waals surface area contributed by atoms with Gasteiger partial charge in [-0.15, -0.1) is 11.3 Å². The highest BCUT2D eigenvalue weighted by Crippen LogP contribution is 2.23. The summed E-state index contributed by atoms with van der Waals surface area (Å²) < 4.78 is 5.40. The van der Waals surface area contributed by atoms with Crippen LogP contribution in [0.1, 0.15) is 23.0 Å². The molecular formula is C26H23N3O3S. The fourth-order valence-electron chi connectivity index (χ4n) is 3.18. The zero-order valence-electron chi connectivity index (χ0n) is 18.1. The molecule has 0 aliphatic carbocycles. The lowest BCUT2D eigenvalue weighted by Gasteiger charge is -2.08. The molecule has 0 aliphatic heterocycles. The third-order valence-electron chi connectivity index (χ3n) is 4.77. The van der Waals surface area contributed by atoms with E-state index in [0.717, 1.165) is 22.0 Å². The Morgan fingerprint density at radius 3 is 2.24 bits per heavy atom. The zero-order chi connectivity index (χ0) is 23.0. The molecule has 0 aliphatic rings. The molecule has 166 valence electrons. The molecule has 0 fully saturated rings. The van der Waals surface area contributed by atoms with E-state index in [1.165, 1.54) is 11.3 Å². The fourth-order valence-corrected chi connectivity index (χ4v) is 4.01. The SMILES string of the molecule is CCOc1ccc(NC(=O)c2ccc(NC(=O)Cc3csc(-c4ccccc4)n3)cc2)cc1. The molecule has 7 heteroatoms. The van der Waals surface area contributed by atoms with Crippen molar-refractivity contribution in [1.29, 1.82) is 0 Å². The number of anilines is 2. The number of carbonyl (C=O) groups excluding carboxylic acids is 2. The standard InChI is InChI=1S/C26H23N3O3S/c1-2-32-23-14-12-21(13-15-23)28-25(31)18-8-10-20(11-9-18)27-24(30)16-22-17-33-26(29-22)19-6-4-3-5-7-19/h3-15,17H,2,16H2,1H3,(H,27,30)(H,28,31). The largest absolute Gasteiger partial charge is 0.494 e. The molecular weight excluding hydrogens is 434 g/mol. The van der Waals surface area contributed by atoms with Crippen molar-refractivity contribution in [2.45, 2.75) is 13.3 Å². The summed E-state index contributed by atoms with van der Waals surface area (Å²) in [6.45, 7) is 2.51. The van der Waals surface area contributed by atoms with Crippen LogP contribution in [-0.2, 0) is 11.2 Å². The lowest BCUT2D eigenvalue weighted by Crippen LogP contribution is -2.15. The molecule has 0 radical (unpaired) electrons. The van der Waals surface area contributed by atoms with Crippen molar-refractivity contribution in [3.8, 4) is 16.3 Å². The van der Waals surface area contributed by atoms with Crippen molar-refractivity contribution in [1.82, 2.24) is 4.98 Å². The number of rotatable bonds is 8. The van der Waals surface area contributed by atoms with E-state index in [0.29, 0.717) is 23.5 Å². The summed E-state index contributed by atoms with van der Waals surface area (Å²) in [5.74, 6) is 0.365. The van der Waals surface area contributed by atoms with Crippen LogP contribution < -0.4 is 15.4 Å². The summed E-state index contributed by atoms with van der Waals surface area (Å²) in [6, 6.07) is 23.8. The van der Waals surface area contributed by atoms with Crippen molar-refractivity contribution in [2.24, 2.45) is 0 Å². The number of carbonyl (C=O) groups is 2.